The van der Waals surface area contributed by atoms with E-state index in [1.165, 1.54) is 31.7 Å². The number of hydrogen-bond donors (Lipinski definition) is 1. The van der Waals surface area contributed by atoms with Crippen LogP contribution in [0.4, 0.5) is 4.39 Å². The summed E-state index contributed by atoms with van der Waals surface area (Å²) in [4.78, 5) is 2.32. The highest BCUT2D eigenvalue weighted by atomic mass is 19.1. The molecule has 100 valence electrons. The molecule has 0 spiro atoms. The number of nitrogens with zero attached hydrogens (tertiary/aromatic N) is 1. The third kappa shape index (κ3) is 3.22. The van der Waals surface area contributed by atoms with Gasteiger partial charge in [-0.1, -0.05) is 25.5 Å². The van der Waals surface area contributed by atoms with E-state index < -0.39 is 5.82 Å². The van der Waals surface area contributed by atoms with Crippen molar-refractivity contribution in [2.24, 2.45) is 5.92 Å². The third-order valence-electron chi connectivity index (χ3n) is 3.98. The zero-order valence-electron chi connectivity index (χ0n) is 11.0. The van der Waals surface area contributed by atoms with Crippen LogP contribution in [0.2, 0.25) is 0 Å². The molecule has 1 aliphatic heterocycles. The van der Waals surface area contributed by atoms with Crippen molar-refractivity contribution in [2.75, 3.05) is 13.1 Å². The molecular formula is C15H22FNO. The normalized spacial score (nSPS) is 21.8. The van der Waals surface area contributed by atoms with Crippen LogP contribution in [0.1, 0.15) is 38.2 Å². The summed E-state index contributed by atoms with van der Waals surface area (Å²) >= 11 is 0. The molecule has 2 rings (SSSR count). The molecule has 0 aliphatic carbocycles. The first-order chi connectivity index (χ1) is 8.70. The highest BCUT2D eigenvalue weighted by Gasteiger charge is 2.17. The van der Waals surface area contributed by atoms with E-state index in [4.69, 9.17) is 0 Å². The minimum Gasteiger partial charge on any atom is -0.505 e. The van der Waals surface area contributed by atoms with Gasteiger partial charge in [-0.25, -0.2) is 4.39 Å². The quantitative estimate of drug-likeness (QED) is 0.888. The highest BCUT2D eigenvalue weighted by molar-refractivity contribution is 5.33. The Morgan fingerprint density at radius 3 is 2.94 bits per heavy atom. The predicted octanol–water partition coefficient (Wildman–Crippen LogP) is 3.54. The van der Waals surface area contributed by atoms with Gasteiger partial charge in [-0.15, -0.1) is 0 Å². The first-order valence-corrected chi connectivity index (χ1v) is 6.89. The van der Waals surface area contributed by atoms with Crippen LogP contribution in [0.5, 0.6) is 5.75 Å². The standard InChI is InChI=1S/C15H22FNO/c1-2-12-5-4-9-17(10-8-12)11-13-6-3-7-14(16)15(13)18/h3,6-7,12,18H,2,4-5,8-11H2,1H3. The lowest BCUT2D eigenvalue weighted by Crippen LogP contribution is -2.24. The summed E-state index contributed by atoms with van der Waals surface area (Å²) in [6, 6.07) is 4.77. The number of likely N-dealkylation sites (tertiary alicyclic amines) is 1. The van der Waals surface area contributed by atoms with Gasteiger partial charge >= 0.3 is 0 Å². The topological polar surface area (TPSA) is 23.5 Å². The molecule has 3 heteroatoms. The summed E-state index contributed by atoms with van der Waals surface area (Å²) < 4.78 is 13.3. The first kappa shape index (κ1) is 13.3. The molecule has 0 bridgehead atoms. The smallest absolute Gasteiger partial charge is 0.165 e. The number of rotatable bonds is 3. The van der Waals surface area contributed by atoms with Crippen LogP contribution in [0.25, 0.3) is 0 Å². The number of phenols is 1. The van der Waals surface area contributed by atoms with Crippen molar-refractivity contribution < 1.29 is 9.50 Å². The van der Waals surface area contributed by atoms with E-state index in [1.54, 1.807) is 12.1 Å². The fourth-order valence-corrected chi connectivity index (χ4v) is 2.72. The van der Waals surface area contributed by atoms with Gasteiger partial charge in [0.1, 0.15) is 0 Å². The average molecular weight is 251 g/mol. The molecule has 0 amide bonds. The Labute approximate surface area is 108 Å². The highest BCUT2D eigenvalue weighted by Crippen LogP contribution is 2.25. The van der Waals surface area contributed by atoms with Crippen molar-refractivity contribution in [3.63, 3.8) is 0 Å². The molecule has 1 N–H and O–H groups in total. The maximum atomic E-state index is 13.3. The lowest BCUT2D eigenvalue weighted by Gasteiger charge is -2.20. The Bertz CT molecular complexity index is 394. The van der Waals surface area contributed by atoms with Crippen molar-refractivity contribution in [3.8, 4) is 5.75 Å². The molecular weight excluding hydrogens is 229 g/mol. The van der Waals surface area contributed by atoms with E-state index in [-0.39, 0.29) is 5.75 Å². The molecule has 2 nitrogen and oxygen atoms in total. The van der Waals surface area contributed by atoms with Crippen LogP contribution in [0, 0.1) is 11.7 Å². The molecule has 0 radical (unpaired) electrons. The Balaban J connectivity index is 1.99. The number of phenolic OH excluding ortho intramolecular Hbond substituents is 1. The molecule has 1 saturated heterocycles. The first-order valence-electron chi connectivity index (χ1n) is 6.89. The van der Waals surface area contributed by atoms with Gasteiger partial charge in [-0.05, 0) is 44.3 Å². The van der Waals surface area contributed by atoms with Crippen molar-refractivity contribution in [1.82, 2.24) is 4.90 Å². The van der Waals surface area contributed by atoms with Crippen LogP contribution < -0.4 is 0 Å². The molecule has 1 atom stereocenters. The number of para-hydroxylation sites is 1. The second-order valence-electron chi connectivity index (χ2n) is 5.23. The molecule has 1 aliphatic rings. The fraction of sp³-hybridized carbons (Fsp3) is 0.600. The second kappa shape index (κ2) is 6.19. The summed E-state index contributed by atoms with van der Waals surface area (Å²) in [6.45, 7) is 5.00. The predicted molar refractivity (Wildman–Crippen MR) is 71.0 cm³/mol. The summed E-state index contributed by atoms with van der Waals surface area (Å²) in [5, 5.41) is 9.70. The zero-order valence-corrected chi connectivity index (χ0v) is 11.0. The zero-order chi connectivity index (χ0) is 13.0. The van der Waals surface area contributed by atoms with E-state index in [0.29, 0.717) is 12.1 Å². The van der Waals surface area contributed by atoms with Crippen molar-refractivity contribution >= 4 is 0 Å². The van der Waals surface area contributed by atoms with Gasteiger partial charge in [-0.3, -0.25) is 4.90 Å². The minimum absolute atomic E-state index is 0.186. The van der Waals surface area contributed by atoms with E-state index in [1.807, 2.05) is 0 Å². The monoisotopic (exact) mass is 251 g/mol. The van der Waals surface area contributed by atoms with Crippen molar-refractivity contribution in [2.45, 2.75) is 39.2 Å². The SMILES string of the molecule is CCC1CCCN(Cc2cccc(F)c2O)CC1. The molecule has 1 aromatic rings. The van der Waals surface area contributed by atoms with E-state index >= 15 is 0 Å². The van der Waals surface area contributed by atoms with Gasteiger partial charge in [0.15, 0.2) is 11.6 Å². The molecule has 18 heavy (non-hydrogen) atoms. The van der Waals surface area contributed by atoms with Crippen LogP contribution >= 0.6 is 0 Å². The van der Waals surface area contributed by atoms with Crippen LogP contribution in [0.15, 0.2) is 18.2 Å². The molecule has 0 aromatic heterocycles. The van der Waals surface area contributed by atoms with Crippen LogP contribution in [-0.2, 0) is 6.54 Å². The average Bonchev–Trinajstić information content (AvgIpc) is 2.60. The Morgan fingerprint density at radius 1 is 1.33 bits per heavy atom. The molecule has 1 unspecified atom stereocenters. The van der Waals surface area contributed by atoms with Gasteiger partial charge in [-0.2, -0.15) is 0 Å². The summed E-state index contributed by atoms with van der Waals surface area (Å²) in [5.41, 5.74) is 0.699. The maximum absolute atomic E-state index is 13.3. The second-order valence-corrected chi connectivity index (χ2v) is 5.23. The van der Waals surface area contributed by atoms with E-state index in [0.717, 1.165) is 19.0 Å². The molecule has 0 saturated carbocycles. The van der Waals surface area contributed by atoms with Crippen molar-refractivity contribution in [1.29, 1.82) is 0 Å². The van der Waals surface area contributed by atoms with E-state index in [2.05, 4.69) is 11.8 Å². The summed E-state index contributed by atoms with van der Waals surface area (Å²) in [5.74, 6) is 0.124. The van der Waals surface area contributed by atoms with Gasteiger partial charge in [0, 0.05) is 12.1 Å². The third-order valence-corrected chi connectivity index (χ3v) is 3.98. The molecule has 1 heterocycles. The summed E-state index contributed by atoms with van der Waals surface area (Å²) in [6.07, 6.45) is 4.96. The summed E-state index contributed by atoms with van der Waals surface area (Å²) in [7, 11) is 0. The number of halogens is 1. The number of benzene rings is 1. The van der Waals surface area contributed by atoms with Crippen LogP contribution in [0.3, 0.4) is 0 Å². The number of hydrogen-bond acceptors (Lipinski definition) is 2. The van der Waals surface area contributed by atoms with Gasteiger partial charge in [0.05, 0.1) is 0 Å². The Morgan fingerprint density at radius 2 is 2.17 bits per heavy atom. The van der Waals surface area contributed by atoms with E-state index in [9.17, 15) is 9.50 Å². The lowest BCUT2D eigenvalue weighted by molar-refractivity contribution is 0.266. The maximum Gasteiger partial charge on any atom is 0.165 e. The van der Waals surface area contributed by atoms with Gasteiger partial charge < -0.3 is 5.11 Å². The minimum atomic E-state index is -0.520. The number of aromatic hydroxyl groups is 1. The lowest BCUT2D eigenvalue weighted by atomic mass is 9.98. The van der Waals surface area contributed by atoms with Crippen LogP contribution in [-0.4, -0.2) is 23.1 Å². The van der Waals surface area contributed by atoms with Crippen molar-refractivity contribution in [3.05, 3.63) is 29.6 Å². The Kier molecular flexibility index (Phi) is 4.59. The largest absolute Gasteiger partial charge is 0.505 e. The van der Waals surface area contributed by atoms with Gasteiger partial charge in [0.25, 0.3) is 0 Å². The fourth-order valence-electron chi connectivity index (χ4n) is 2.72. The van der Waals surface area contributed by atoms with Gasteiger partial charge in [0.2, 0.25) is 0 Å². The molecule has 1 aromatic carbocycles. The Hall–Kier alpha value is -1.09. The molecule has 1 fully saturated rings.